The van der Waals surface area contributed by atoms with Crippen molar-refractivity contribution in [2.75, 3.05) is 24.6 Å². The van der Waals surface area contributed by atoms with Gasteiger partial charge in [0, 0.05) is 12.1 Å². The van der Waals surface area contributed by atoms with Gasteiger partial charge in [-0.1, -0.05) is 72.8 Å². The number of hydrogen-bond acceptors (Lipinski definition) is 4. The quantitative estimate of drug-likeness (QED) is 0.184. The molecule has 12 heteroatoms. The standard InChI is InChI=1S/C31H30F5N3O4/c1-29(2,27(41)37-19-30(32,33)31(34,35)36)28(42)38-25-23-14-7-6-12-21(23)22-13-8-9-15-24(22)39(26(25)40)16-17-43-18-20-10-4-3-5-11-20/h3-15,25H,16-19H2,1-2H3,(H,37,41)(H,38,42)/t25-/m0/s1. The third kappa shape index (κ3) is 6.85. The van der Waals surface area contributed by atoms with Gasteiger partial charge in [0.1, 0.15) is 11.5 Å². The number of anilines is 1. The second kappa shape index (κ2) is 12.5. The minimum Gasteiger partial charge on any atom is -0.375 e. The zero-order valence-electron chi connectivity index (χ0n) is 23.4. The summed E-state index contributed by atoms with van der Waals surface area (Å²) in [6.07, 6.45) is -5.88. The van der Waals surface area contributed by atoms with E-state index in [1.54, 1.807) is 42.5 Å². The highest BCUT2D eigenvalue weighted by molar-refractivity contribution is 6.09. The molecule has 228 valence electrons. The summed E-state index contributed by atoms with van der Waals surface area (Å²) in [5.41, 5.74) is 1.15. The Morgan fingerprint density at radius 2 is 1.44 bits per heavy atom. The summed E-state index contributed by atoms with van der Waals surface area (Å²) in [6, 6.07) is 22.1. The van der Waals surface area contributed by atoms with Crippen LogP contribution in [0.5, 0.6) is 0 Å². The van der Waals surface area contributed by atoms with Crippen LogP contribution in [0.1, 0.15) is 31.0 Å². The number of rotatable bonds is 10. The molecule has 3 amide bonds. The molecule has 0 saturated carbocycles. The Morgan fingerprint density at radius 1 is 0.837 bits per heavy atom. The summed E-state index contributed by atoms with van der Waals surface area (Å²) in [7, 11) is 0. The fraction of sp³-hybridized carbons (Fsp3) is 0.323. The van der Waals surface area contributed by atoms with Crippen molar-refractivity contribution in [3.05, 3.63) is 90.0 Å². The first-order valence-corrected chi connectivity index (χ1v) is 13.4. The summed E-state index contributed by atoms with van der Waals surface area (Å²) in [5, 5.41) is 4.07. The number of carbonyl (C=O) groups is 3. The largest absolute Gasteiger partial charge is 0.455 e. The first-order chi connectivity index (χ1) is 20.2. The van der Waals surface area contributed by atoms with E-state index < -0.39 is 47.8 Å². The molecule has 1 aliphatic rings. The van der Waals surface area contributed by atoms with Crippen LogP contribution in [-0.4, -0.2) is 49.5 Å². The number of para-hydroxylation sites is 1. The van der Waals surface area contributed by atoms with E-state index in [9.17, 15) is 36.3 Å². The molecule has 7 nitrogen and oxygen atoms in total. The summed E-state index contributed by atoms with van der Waals surface area (Å²) in [6.45, 7) is 0.665. The molecule has 0 fully saturated rings. The maximum Gasteiger partial charge on any atom is 0.455 e. The van der Waals surface area contributed by atoms with Gasteiger partial charge in [-0.05, 0) is 36.6 Å². The maximum absolute atomic E-state index is 14.1. The Labute approximate surface area is 245 Å². The van der Waals surface area contributed by atoms with Crippen molar-refractivity contribution in [2.45, 2.75) is 38.6 Å². The summed E-state index contributed by atoms with van der Waals surface area (Å²) in [4.78, 5) is 41.6. The van der Waals surface area contributed by atoms with Crippen LogP contribution in [0.3, 0.4) is 0 Å². The first-order valence-electron chi connectivity index (χ1n) is 13.4. The second-order valence-corrected chi connectivity index (χ2v) is 10.5. The van der Waals surface area contributed by atoms with Crippen LogP contribution < -0.4 is 15.5 Å². The molecule has 43 heavy (non-hydrogen) atoms. The number of carbonyl (C=O) groups excluding carboxylic acids is 3. The molecule has 0 unspecified atom stereocenters. The number of amides is 3. The molecule has 1 aliphatic heterocycles. The molecule has 4 rings (SSSR count). The summed E-state index contributed by atoms with van der Waals surface area (Å²) >= 11 is 0. The van der Waals surface area contributed by atoms with Crippen LogP contribution in [0, 0.1) is 5.41 Å². The van der Waals surface area contributed by atoms with Crippen molar-refractivity contribution in [1.82, 2.24) is 10.6 Å². The van der Waals surface area contributed by atoms with Gasteiger partial charge < -0.3 is 20.3 Å². The highest BCUT2D eigenvalue weighted by Crippen LogP contribution is 2.40. The number of benzene rings is 3. The minimum absolute atomic E-state index is 0.111. The number of alkyl halides is 5. The molecule has 0 aliphatic carbocycles. The molecule has 3 aromatic rings. The van der Waals surface area contributed by atoms with Gasteiger partial charge in [-0.25, -0.2) is 0 Å². The lowest BCUT2D eigenvalue weighted by atomic mass is 9.89. The van der Waals surface area contributed by atoms with E-state index in [1.807, 2.05) is 36.4 Å². The molecule has 0 bridgehead atoms. The average Bonchev–Trinajstić information content (AvgIpc) is 3.07. The third-order valence-electron chi connectivity index (χ3n) is 7.14. The number of hydrogen-bond donors (Lipinski definition) is 2. The molecule has 0 saturated heterocycles. The SMILES string of the molecule is CC(C)(C(=O)NCC(F)(F)C(F)(F)F)C(=O)N[C@@H]1C(=O)N(CCOCc2ccccc2)c2ccccc2-c2ccccc21. The van der Waals surface area contributed by atoms with E-state index in [0.717, 1.165) is 19.4 Å². The van der Waals surface area contributed by atoms with Crippen LogP contribution in [-0.2, 0) is 25.7 Å². The van der Waals surface area contributed by atoms with Gasteiger partial charge in [0.2, 0.25) is 11.8 Å². The third-order valence-corrected chi connectivity index (χ3v) is 7.14. The maximum atomic E-state index is 14.1. The monoisotopic (exact) mass is 603 g/mol. The van der Waals surface area contributed by atoms with Gasteiger partial charge in [-0.15, -0.1) is 0 Å². The van der Waals surface area contributed by atoms with Crippen LogP contribution in [0.4, 0.5) is 27.6 Å². The molecule has 0 spiro atoms. The van der Waals surface area contributed by atoms with Gasteiger partial charge in [0.05, 0.1) is 25.4 Å². The highest BCUT2D eigenvalue weighted by atomic mass is 19.4. The van der Waals surface area contributed by atoms with E-state index in [1.165, 1.54) is 10.2 Å². The Balaban J connectivity index is 1.58. The van der Waals surface area contributed by atoms with Crippen LogP contribution in [0.15, 0.2) is 78.9 Å². The van der Waals surface area contributed by atoms with Crippen LogP contribution in [0.2, 0.25) is 0 Å². The van der Waals surface area contributed by atoms with Gasteiger partial charge in [0.15, 0.2) is 0 Å². The molecule has 1 heterocycles. The number of nitrogens with one attached hydrogen (secondary N) is 2. The zero-order valence-corrected chi connectivity index (χ0v) is 23.4. The molecule has 1 atom stereocenters. The Bertz CT molecular complexity index is 1480. The molecular weight excluding hydrogens is 573 g/mol. The molecule has 0 radical (unpaired) electrons. The van der Waals surface area contributed by atoms with Crippen molar-refractivity contribution in [3.8, 4) is 11.1 Å². The summed E-state index contributed by atoms with van der Waals surface area (Å²) < 4.78 is 70.4. The fourth-order valence-corrected chi connectivity index (χ4v) is 4.56. The Hall–Kier alpha value is -4.32. The number of fused-ring (bicyclic) bond motifs is 3. The molecule has 3 aromatic carbocycles. The van der Waals surface area contributed by atoms with E-state index in [2.05, 4.69) is 5.32 Å². The van der Waals surface area contributed by atoms with E-state index >= 15 is 0 Å². The normalized spacial score (nSPS) is 15.3. The Morgan fingerprint density at radius 3 is 2.12 bits per heavy atom. The molecular formula is C31H30F5N3O4. The van der Waals surface area contributed by atoms with Crippen LogP contribution in [0.25, 0.3) is 11.1 Å². The lowest BCUT2D eigenvalue weighted by molar-refractivity contribution is -0.278. The fourth-order valence-electron chi connectivity index (χ4n) is 4.56. The van der Waals surface area contributed by atoms with Gasteiger partial charge in [-0.3, -0.25) is 14.4 Å². The predicted molar refractivity (Wildman–Crippen MR) is 149 cm³/mol. The van der Waals surface area contributed by atoms with Crippen molar-refractivity contribution in [1.29, 1.82) is 0 Å². The smallest absolute Gasteiger partial charge is 0.375 e. The van der Waals surface area contributed by atoms with Crippen molar-refractivity contribution in [2.24, 2.45) is 5.41 Å². The van der Waals surface area contributed by atoms with E-state index in [-0.39, 0.29) is 13.2 Å². The Kier molecular flexibility index (Phi) is 9.19. The average molecular weight is 604 g/mol. The van der Waals surface area contributed by atoms with Crippen molar-refractivity contribution < 1.29 is 41.1 Å². The minimum atomic E-state index is -5.88. The van der Waals surface area contributed by atoms with Gasteiger partial charge >= 0.3 is 12.1 Å². The number of halogens is 5. The predicted octanol–water partition coefficient (Wildman–Crippen LogP) is 5.41. The van der Waals surface area contributed by atoms with Gasteiger partial charge in [0.25, 0.3) is 5.91 Å². The van der Waals surface area contributed by atoms with Gasteiger partial charge in [-0.2, -0.15) is 22.0 Å². The molecule has 0 aromatic heterocycles. The topological polar surface area (TPSA) is 87.7 Å². The van der Waals surface area contributed by atoms with Crippen molar-refractivity contribution in [3.63, 3.8) is 0 Å². The van der Waals surface area contributed by atoms with Crippen LogP contribution >= 0.6 is 0 Å². The second-order valence-electron chi connectivity index (χ2n) is 10.5. The highest BCUT2D eigenvalue weighted by Gasteiger charge is 2.57. The van der Waals surface area contributed by atoms with E-state index in [4.69, 9.17) is 4.74 Å². The van der Waals surface area contributed by atoms with E-state index in [0.29, 0.717) is 29.0 Å². The molecule has 2 N–H and O–H groups in total. The number of ether oxygens (including phenoxy) is 1. The summed E-state index contributed by atoms with van der Waals surface area (Å²) in [5.74, 6) is -8.15. The number of nitrogens with zero attached hydrogens (tertiary/aromatic N) is 1. The van der Waals surface area contributed by atoms with Crippen molar-refractivity contribution >= 4 is 23.4 Å². The lowest BCUT2D eigenvalue weighted by Gasteiger charge is -2.30. The lowest BCUT2D eigenvalue weighted by Crippen LogP contribution is -2.54. The first kappa shape index (κ1) is 31.6. The zero-order chi connectivity index (χ0) is 31.4.